The smallest absolute Gasteiger partial charge is 0.307 e. The fraction of sp³-hybridized carbons (Fsp3) is 0.462. The van der Waals surface area contributed by atoms with Crippen molar-refractivity contribution >= 4 is 16.8 Å². The highest BCUT2D eigenvalue weighted by Crippen LogP contribution is 2.17. The van der Waals surface area contributed by atoms with Crippen LogP contribution in [0.4, 0.5) is 0 Å². The summed E-state index contributed by atoms with van der Waals surface area (Å²) in [5, 5.41) is 8.83. The van der Waals surface area contributed by atoms with Crippen LogP contribution in [0.25, 0.3) is 0 Å². The number of carboxylic acids is 1. The predicted octanol–water partition coefficient (Wildman–Crippen LogP) is 2.61. The van der Waals surface area contributed by atoms with E-state index in [2.05, 4.69) is 0 Å². The van der Waals surface area contributed by atoms with Gasteiger partial charge < -0.3 is 5.11 Å². The molecule has 0 radical (unpaired) electrons. The average Bonchev–Trinajstić information content (AvgIpc) is 2.30. The maximum absolute atomic E-state index is 12.1. The standard InChI is InChI=1S/C13H18O3S/c1-3-11(4-2)17(16)12-7-5-10(6-8-12)9-13(14)15/h5-8,11H,3-4,9H2,1-2H3,(H,14,15). The second kappa shape index (κ2) is 6.55. The second-order valence-corrected chi connectivity index (χ2v) is 5.68. The van der Waals surface area contributed by atoms with Gasteiger partial charge in [0.1, 0.15) is 0 Å². The SMILES string of the molecule is CCC(CC)S(=O)c1ccc(CC(=O)O)cc1. The van der Waals surface area contributed by atoms with E-state index in [9.17, 15) is 9.00 Å². The molecule has 1 atom stereocenters. The lowest BCUT2D eigenvalue weighted by Crippen LogP contribution is -2.13. The average molecular weight is 254 g/mol. The summed E-state index contributed by atoms with van der Waals surface area (Å²) >= 11 is 0. The summed E-state index contributed by atoms with van der Waals surface area (Å²) in [6, 6.07) is 7.02. The van der Waals surface area contributed by atoms with E-state index in [1.807, 2.05) is 13.8 Å². The van der Waals surface area contributed by atoms with Crippen molar-refractivity contribution in [3.05, 3.63) is 29.8 Å². The van der Waals surface area contributed by atoms with Crippen LogP contribution in [0.2, 0.25) is 0 Å². The molecule has 1 rings (SSSR count). The lowest BCUT2D eigenvalue weighted by molar-refractivity contribution is -0.136. The molecule has 0 aliphatic heterocycles. The minimum absolute atomic E-state index is 0.0118. The summed E-state index contributed by atoms with van der Waals surface area (Å²) in [5.74, 6) is -0.848. The number of rotatable bonds is 6. The molecule has 0 fully saturated rings. The van der Waals surface area contributed by atoms with Crippen molar-refractivity contribution < 1.29 is 14.1 Å². The normalized spacial score (nSPS) is 12.6. The number of hydrogen-bond donors (Lipinski definition) is 1. The zero-order chi connectivity index (χ0) is 12.8. The van der Waals surface area contributed by atoms with Crippen LogP contribution < -0.4 is 0 Å². The molecule has 0 saturated heterocycles. The predicted molar refractivity (Wildman–Crippen MR) is 68.6 cm³/mol. The van der Waals surface area contributed by atoms with Gasteiger partial charge in [0.25, 0.3) is 0 Å². The Bertz CT molecular complexity index is 394. The molecule has 1 aromatic rings. The molecule has 0 aliphatic rings. The third-order valence-electron chi connectivity index (χ3n) is 2.72. The molecule has 0 heterocycles. The van der Waals surface area contributed by atoms with Crippen LogP contribution in [0.3, 0.4) is 0 Å². The molecule has 0 amide bonds. The lowest BCUT2D eigenvalue weighted by Gasteiger charge is -2.12. The molecule has 0 aromatic heterocycles. The maximum Gasteiger partial charge on any atom is 0.307 e. The van der Waals surface area contributed by atoms with Crippen molar-refractivity contribution in [3.8, 4) is 0 Å². The largest absolute Gasteiger partial charge is 0.481 e. The van der Waals surface area contributed by atoms with Crippen LogP contribution in [-0.4, -0.2) is 20.5 Å². The molecule has 1 aromatic carbocycles. The Labute approximate surface area is 104 Å². The molecule has 0 saturated carbocycles. The Kier molecular flexibility index (Phi) is 5.35. The highest BCUT2D eigenvalue weighted by molar-refractivity contribution is 7.85. The van der Waals surface area contributed by atoms with Gasteiger partial charge in [-0.1, -0.05) is 26.0 Å². The van der Waals surface area contributed by atoms with Gasteiger partial charge in [-0.15, -0.1) is 0 Å². The van der Waals surface area contributed by atoms with Gasteiger partial charge in [0.2, 0.25) is 0 Å². The Morgan fingerprint density at radius 1 is 1.24 bits per heavy atom. The van der Waals surface area contributed by atoms with Crippen molar-refractivity contribution in [2.24, 2.45) is 0 Å². The quantitative estimate of drug-likeness (QED) is 0.849. The van der Waals surface area contributed by atoms with Crippen LogP contribution in [0.1, 0.15) is 32.3 Å². The van der Waals surface area contributed by atoms with Crippen molar-refractivity contribution in [3.63, 3.8) is 0 Å². The second-order valence-electron chi connectivity index (χ2n) is 3.95. The summed E-state index contributed by atoms with van der Waals surface area (Å²) in [5.41, 5.74) is 0.739. The third kappa shape index (κ3) is 3.97. The van der Waals surface area contributed by atoms with Crippen molar-refractivity contribution in [2.45, 2.75) is 43.3 Å². The van der Waals surface area contributed by atoms with E-state index in [-0.39, 0.29) is 11.7 Å². The van der Waals surface area contributed by atoms with Gasteiger partial charge in [-0.3, -0.25) is 9.00 Å². The summed E-state index contributed by atoms with van der Waals surface area (Å²) < 4.78 is 12.1. The van der Waals surface area contributed by atoms with Crippen LogP contribution >= 0.6 is 0 Å². The van der Waals surface area contributed by atoms with E-state index in [0.717, 1.165) is 23.3 Å². The zero-order valence-corrected chi connectivity index (χ0v) is 11.0. The van der Waals surface area contributed by atoms with Crippen LogP contribution in [0.5, 0.6) is 0 Å². The lowest BCUT2D eigenvalue weighted by atomic mass is 10.2. The molecular weight excluding hydrogens is 236 g/mol. The first-order chi connectivity index (χ1) is 8.08. The number of carbonyl (C=O) groups is 1. The van der Waals surface area contributed by atoms with Gasteiger partial charge in [-0.25, -0.2) is 0 Å². The summed E-state index contributed by atoms with van der Waals surface area (Å²) in [6.45, 7) is 4.07. The molecule has 1 unspecified atom stereocenters. The van der Waals surface area contributed by atoms with E-state index >= 15 is 0 Å². The van der Waals surface area contributed by atoms with Crippen LogP contribution in [-0.2, 0) is 22.0 Å². The number of hydrogen-bond acceptors (Lipinski definition) is 2. The van der Waals surface area contributed by atoms with E-state index in [0.29, 0.717) is 0 Å². The topological polar surface area (TPSA) is 54.4 Å². The molecule has 94 valence electrons. The summed E-state index contributed by atoms with van der Waals surface area (Å²) in [7, 11) is -0.990. The van der Waals surface area contributed by atoms with Gasteiger partial charge in [0.05, 0.1) is 17.2 Å². The third-order valence-corrected chi connectivity index (χ3v) is 4.73. The maximum atomic E-state index is 12.1. The Balaban J connectivity index is 2.80. The van der Waals surface area contributed by atoms with E-state index < -0.39 is 16.8 Å². The van der Waals surface area contributed by atoms with Crippen molar-refractivity contribution in [2.75, 3.05) is 0 Å². The molecule has 17 heavy (non-hydrogen) atoms. The zero-order valence-electron chi connectivity index (χ0n) is 10.2. The van der Waals surface area contributed by atoms with E-state index in [1.165, 1.54) is 0 Å². The first-order valence-electron chi connectivity index (χ1n) is 5.79. The highest BCUT2D eigenvalue weighted by Gasteiger charge is 2.14. The van der Waals surface area contributed by atoms with Crippen LogP contribution in [0.15, 0.2) is 29.2 Å². The molecule has 4 heteroatoms. The monoisotopic (exact) mass is 254 g/mol. The first-order valence-corrected chi connectivity index (χ1v) is 7.01. The van der Waals surface area contributed by atoms with Crippen molar-refractivity contribution in [1.29, 1.82) is 0 Å². The molecule has 0 aliphatic carbocycles. The van der Waals surface area contributed by atoms with Gasteiger partial charge in [-0.05, 0) is 30.5 Å². The minimum Gasteiger partial charge on any atom is -0.481 e. The molecule has 0 spiro atoms. The molecular formula is C13H18O3S. The number of aliphatic carboxylic acids is 1. The molecule has 3 nitrogen and oxygen atoms in total. The minimum atomic E-state index is -0.990. The van der Waals surface area contributed by atoms with Crippen LogP contribution in [0, 0.1) is 0 Å². The van der Waals surface area contributed by atoms with E-state index in [1.54, 1.807) is 24.3 Å². The highest BCUT2D eigenvalue weighted by atomic mass is 32.2. The van der Waals surface area contributed by atoms with E-state index in [4.69, 9.17) is 5.11 Å². The van der Waals surface area contributed by atoms with Gasteiger partial charge in [0.15, 0.2) is 0 Å². The number of benzene rings is 1. The van der Waals surface area contributed by atoms with Gasteiger partial charge >= 0.3 is 5.97 Å². The first kappa shape index (κ1) is 13.9. The fourth-order valence-electron chi connectivity index (χ4n) is 1.70. The Morgan fingerprint density at radius 3 is 2.18 bits per heavy atom. The molecule has 1 N–H and O–H groups in total. The van der Waals surface area contributed by atoms with Gasteiger partial charge in [-0.2, -0.15) is 0 Å². The summed E-state index contributed by atoms with van der Waals surface area (Å²) in [6.07, 6.45) is 1.79. The fourth-order valence-corrected chi connectivity index (χ4v) is 3.09. The number of carboxylic acid groups (broad SMARTS) is 1. The Morgan fingerprint density at radius 2 is 1.76 bits per heavy atom. The van der Waals surface area contributed by atoms with Crippen molar-refractivity contribution in [1.82, 2.24) is 0 Å². The molecule has 0 bridgehead atoms. The summed E-state index contributed by atoms with van der Waals surface area (Å²) in [4.78, 5) is 11.3. The Hall–Kier alpha value is -1.16. The van der Waals surface area contributed by atoms with Gasteiger partial charge in [0, 0.05) is 10.1 Å².